The third kappa shape index (κ3) is 2.36. The molecular formula is C17H16NO2S. The highest BCUT2D eigenvalue weighted by Crippen LogP contribution is 2.30. The van der Waals surface area contributed by atoms with Crippen molar-refractivity contribution in [1.29, 1.82) is 0 Å². The van der Waals surface area contributed by atoms with Crippen LogP contribution in [0.5, 0.6) is 0 Å². The number of sulfone groups is 1. The summed E-state index contributed by atoms with van der Waals surface area (Å²) in [4.78, 5) is 0.694. The molecule has 0 spiro atoms. The van der Waals surface area contributed by atoms with Crippen LogP contribution in [0.4, 0.5) is 0 Å². The summed E-state index contributed by atoms with van der Waals surface area (Å²) in [7, 11) is -3.50. The molecule has 4 heteroatoms. The van der Waals surface area contributed by atoms with Crippen LogP contribution in [-0.2, 0) is 16.4 Å². The Bertz CT molecular complexity index is 864. The maximum absolute atomic E-state index is 12.8. The number of para-hydroxylation sites is 1. The van der Waals surface area contributed by atoms with Crippen molar-refractivity contribution in [3.05, 3.63) is 67.2 Å². The molecular weight excluding hydrogens is 282 g/mol. The summed E-state index contributed by atoms with van der Waals surface area (Å²) in [5.41, 5.74) is 0.935. The van der Waals surface area contributed by atoms with Gasteiger partial charge < -0.3 is 4.57 Å². The van der Waals surface area contributed by atoms with Crippen molar-refractivity contribution in [3.63, 3.8) is 0 Å². The normalized spacial score (nSPS) is 11.9. The number of hydrogen-bond donors (Lipinski definition) is 0. The fraction of sp³-hybridized carbons (Fsp3) is 0.118. The molecule has 1 heterocycles. The van der Waals surface area contributed by atoms with Crippen molar-refractivity contribution < 1.29 is 8.42 Å². The Morgan fingerprint density at radius 1 is 1.00 bits per heavy atom. The molecule has 107 valence electrons. The zero-order valence-electron chi connectivity index (χ0n) is 11.7. The molecule has 0 amide bonds. The van der Waals surface area contributed by atoms with Crippen molar-refractivity contribution in [2.24, 2.45) is 0 Å². The van der Waals surface area contributed by atoms with E-state index in [1.807, 2.05) is 48.2 Å². The lowest BCUT2D eigenvalue weighted by Gasteiger charge is -2.02. The maximum atomic E-state index is 12.8. The van der Waals surface area contributed by atoms with Gasteiger partial charge >= 0.3 is 0 Å². The molecule has 2 aromatic carbocycles. The summed E-state index contributed by atoms with van der Waals surface area (Å²) < 4.78 is 27.6. The second-order valence-corrected chi connectivity index (χ2v) is 6.81. The Hall–Kier alpha value is -2.07. The van der Waals surface area contributed by atoms with Gasteiger partial charge in [0.2, 0.25) is 9.84 Å². The number of hydrogen-bond acceptors (Lipinski definition) is 2. The summed E-state index contributed by atoms with van der Waals surface area (Å²) in [6, 6.07) is 16.2. The first-order chi connectivity index (χ1) is 10.1. The average Bonchev–Trinajstić information content (AvgIpc) is 2.88. The third-order valence-electron chi connectivity index (χ3n) is 3.47. The van der Waals surface area contributed by atoms with Crippen LogP contribution >= 0.6 is 0 Å². The fourth-order valence-corrected chi connectivity index (χ4v) is 4.00. The smallest absolute Gasteiger partial charge is 0.208 e. The van der Waals surface area contributed by atoms with E-state index in [0.717, 1.165) is 10.9 Å². The van der Waals surface area contributed by atoms with E-state index < -0.39 is 9.84 Å². The minimum absolute atomic E-state index is 0.327. The van der Waals surface area contributed by atoms with Gasteiger partial charge in [-0.2, -0.15) is 0 Å². The second kappa shape index (κ2) is 5.37. The van der Waals surface area contributed by atoms with Gasteiger partial charge in [0, 0.05) is 23.6 Å². The average molecular weight is 298 g/mol. The van der Waals surface area contributed by atoms with E-state index in [9.17, 15) is 8.42 Å². The van der Waals surface area contributed by atoms with Crippen LogP contribution in [0.2, 0.25) is 0 Å². The lowest BCUT2D eigenvalue weighted by molar-refractivity contribution is 0.596. The number of nitrogens with zero attached hydrogens (tertiary/aromatic N) is 1. The lowest BCUT2D eigenvalue weighted by atomic mass is 10.2. The Morgan fingerprint density at radius 2 is 1.67 bits per heavy atom. The minimum Gasteiger partial charge on any atom is -0.346 e. The highest BCUT2D eigenvalue weighted by molar-refractivity contribution is 7.91. The maximum Gasteiger partial charge on any atom is 0.208 e. The van der Waals surface area contributed by atoms with E-state index >= 15 is 0 Å². The molecule has 0 aliphatic carbocycles. The van der Waals surface area contributed by atoms with E-state index in [0.29, 0.717) is 16.3 Å². The van der Waals surface area contributed by atoms with Crippen LogP contribution in [0.1, 0.15) is 6.92 Å². The van der Waals surface area contributed by atoms with Crippen molar-refractivity contribution in [2.45, 2.75) is 23.3 Å². The van der Waals surface area contributed by atoms with Crippen LogP contribution in [0.15, 0.2) is 70.6 Å². The number of aromatic nitrogens is 1. The molecule has 3 nitrogen and oxygen atoms in total. The van der Waals surface area contributed by atoms with Gasteiger partial charge in [-0.25, -0.2) is 8.42 Å². The molecule has 3 rings (SSSR count). The van der Waals surface area contributed by atoms with Crippen molar-refractivity contribution in [2.75, 3.05) is 0 Å². The molecule has 0 aliphatic rings. The zero-order chi connectivity index (χ0) is 14.9. The van der Waals surface area contributed by atoms with E-state index in [1.165, 1.54) is 0 Å². The second-order valence-electron chi connectivity index (χ2n) is 4.89. The Morgan fingerprint density at radius 3 is 2.38 bits per heavy atom. The van der Waals surface area contributed by atoms with Gasteiger partial charge in [-0.1, -0.05) is 43.3 Å². The first-order valence-electron chi connectivity index (χ1n) is 6.80. The molecule has 0 aliphatic heterocycles. The van der Waals surface area contributed by atoms with Gasteiger partial charge in [0.15, 0.2) is 0 Å². The summed E-state index contributed by atoms with van der Waals surface area (Å²) >= 11 is 0. The molecule has 1 radical (unpaired) electrons. The van der Waals surface area contributed by atoms with Gasteiger partial charge in [0.25, 0.3) is 0 Å². The largest absolute Gasteiger partial charge is 0.346 e. The van der Waals surface area contributed by atoms with E-state index in [1.54, 1.807) is 30.5 Å². The third-order valence-corrected chi connectivity index (χ3v) is 5.27. The Balaban J connectivity index is 2.26. The SMILES string of the molecule is C[CH]Cn1cc(S(=O)(=O)c2ccccc2)c2ccccc21. The zero-order valence-corrected chi connectivity index (χ0v) is 12.5. The predicted molar refractivity (Wildman–Crippen MR) is 83.8 cm³/mol. The highest BCUT2D eigenvalue weighted by Gasteiger charge is 2.22. The lowest BCUT2D eigenvalue weighted by Crippen LogP contribution is -2.01. The summed E-state index contributed by atoms with van der Waals surface area (Å²) in [5.74, 6) is 0. The first-order valence-corrected chi connectivity index (χ1v) is 8.29. The van der Waals surface area contributed by atoms with Crippen molar-refractivity contribution in [1.82, 2.24) is 4.57 Å². The van der Waals surface area contributed by atoms with Crippen molar-refractivity contribution >= 4 is 20.7 Å². The monoisotopic (exact) mass is 298 g/mol. The van der Waals surface area contributed by atoms with Crippen LogP contribution < -0.4 is 0 Å². The Kier molecular flexibility index (Phi) is 3.55. The van der Waals surface area contributed by atoms with E-state index in [2.05, 4.69) is 0 Å². The van der Waals surface area contributed by atoms with Gasteiger partial charge in [-0.3, -0.25) is 0 Å². The number of benzene rings is 2. The van der Waals surface area contributed by atoms with E-state index in [4.69, 9.17) is 0 Å². The molecule has 0 atom stereocenters. The highest BCUT2D eigenvalue weighted by atomic mass is 32.2. The molecule has 0 saturated carbocycles. The first kappa shape index (κ1) is 13.9. The van der Waals surface area contributed by atoms with Crippen LogP contribution in [0.25, 0.3) is 10.9 Å². The molecule has 0 N–H and O–H groups in total. The van der Waals surface area contributed by atoms with Crippen LogP contribution in [-0.4, -0.2) is 13.0 Å². The van der Waals surface area contributed by atoms with Crippen LogP contribution in [0.3, 0.4) is 0 Å². The van der Waals surface area contributed by atoms with Crippen molar-refractivity contribution in [3.8, 4) is 0 Å². The molecule has 3 aromatic rings. The number of rotatable bonds is 4. The summed E-state index contributed by atoms with van der Waals surface area (Å²) in [6.07, 6.45) is 3.73. The number of fused-ring (bicyclic) bond motifs is 1. The summed E-state index contributed by atoms with van der Waals surface area (Å²) in [6.45, 7) is 2.64. The molecule has 0 unspecified atom stereocenters. The van der Waals surface area contributed by atoms with E-state index in [-0.39, 0.29) is 0 Å². The quantitative estimate of drug-likeness (QED) is 0.736. The molecule has 0 bridgehead atoms. The van der Waals surface area contributed by atoms with Gasteiger partial charge in [0.05, 0.1) is 9.79 Å². The molecule has 0 saturated heterocycles. The fourth-order valence-electron chi connectivity index (χ4n) is 2.50. The van der Waals surface area contributed by atoms with Gasteiger partial charge in [0.1, 0.15) is 0 Å². The molecule has 0 fully saturated rings. The predicted octanol–water partition coefficient (Wildman–Crippen LogP) is 3.70. The molecule has 1 aromatic heterocycles. The van der Waals surface area contributed by atoms with Gasteiger partial charge in [-0.05, 0) is 24.6 Å². The standard InChI is InChI=1S/C17H16NO2S/c1-2-12-18-13-17(15-10-6-7-11-16(15)18)21(19,20)14-8-4-3-5-9-14/h2-11,13H,12H2,1H3. The topological polar surface area (TPSA) is 39.1 Å². The minimum atomic E-state index is -3.50. The van der Waals surface area contributed by atoms with Gasteiger partial charge in [-0.15, -0.1) is 0 Å². The summed E-state index contributed by atoms with van der Waals surface area (Å²) in [5, 5.41) is 0.767. The van der Waals surface area contributed by atoms with Crippen LogP contribution in [0, 0.1) is 6.42 Å². The Labute approximate surface area is 124 Å². The molecule has 21 heavy (non-hydrogen) atoms.